The fourth-order valence-corrected chi connectivity index (χ4v) is 2.15. The number of nitrogens with one attached hydrogen (secondary N) is 1. The fourth-order valence-electron chi connectivity index (χ4n) is 2.04. The Balaban J connectivity index is 2.24. The number of anilines is 1. The number of rotatable bonds is 4. The molecule has 19 heavy (non-hydrogen) atoms. The molecule has 0 radical (unpaired) electrons. The van der Waals surface area contributed by atoms with Crippen LogP contribution in [-0.4, -0.2) is 30.7 Å². The van der Waals surface area contributed by atoms with Gasteiger partial charge >= 0.3 is 0 Å². The van der Waals surface area contributed by atoms with Gasteiger partial charge in [-0.05, 0) is 24.6 Å². The molecule has 1 saturated heterocycles. The van der Waals surface area contributed by atoms with E-state index in [2.05, 4.69) is 17.9 Å². The zero-order valence-electron chi connectivity index (χ0n) is 10.4. The van der Waals surface area contributed by atoms with Crippen molar-refractivity contribution >= 4 is 30.1 Å². The van der Waals surface area contributed by atoms with E-state index in [1.807, 2.05) is 0 Å². The highest BCUT2D eigenvalue weighted by atomic mass is 32.1. The van der Waals surface area contributed by atoms with Gasteiger partial charge in [-0.15, -0.1) is 0 Å². The first-order valence-corrected chi connectivity index (χ1v) is 6.75. The van der Waals surface area contributed by atoms with Crippen LogP contribution in [0, 0.1) is 5.82 Å². The van der Waals surface area contributed by atoms with Crippen LogP contribution in [0.2, 0.25) is 0 Å². The largest absolute Gasteiger partial charge is 0.351 e. The normalized spacial score (nSPS) is 14.8. The molecular formula is C13H15FN2O2S. The average molecular weight is 282 g/mol. The topological polar surface area (TPSA) is 49.4 Å². The van der Waals surface area contributed by atoms with Gasteiger partial charge in [0.05, 0.1) is 5.56 Å². The molecule has 1 fully saturated rings. The van der Waals surface area contributed by atoms with Crippen LogP contribution in [0.25, 0.3) is 0 Å². The molecule has 0 unspecified atom stereocenters. The highest BCUT2D eigenvalue weighted by Crippen LogP contribution is 2.23. The summed E-state index contributed by atoms with van der Waals surface area (Å²) in [5.41, 5.74) is 0.527. The quantitative estimate of drug-likeness (QED) is 0.824. The third-order valence-electron chi connectivity index (χ3n) is 2.98. The Bertz CT molecular complexity index is 507. The Labute approximate surface area is 116 Å². The number of hydrogen-bond donors (Lipinski definition) is 2. The van der Waals surface area contributed by atoms with Crippen LogP contribution >= 0.6 is 12.6 Å². The van der Waals surface area contributed by atoms with Crippen molar-refractivity contribution in [3.63, 3.8) is 0 Å². The summed E-state index contributed by atoms with van der Waals surface area (Å²) < 4.78 is 13.6. The molecular weight excluding hydrogens is 267 g/mol. The second-order valence-corrected chi connectivity index (χ2v) is 4.74. The lowest BCUT2D eigenvalue weighted by molar-refractivity contribution is -0.117. The molecule has 0 saturated carbocycles. The van der Waals surface area contributed by atoms with Crippen LogP contribution in [0.5, 0.6) is 0 Å². The fraction of sp³-hybridized carbons (Fsp3) is 0.385. The maximum atomic E-state index is 13.6. The third kappa shape index (κ3) is 3.07. The number of hydrogen-bond acceptors (Lipinski definition) is 3. The summed E-state index contributed by atoms with van der Waals surface area (Å²) in [6.07, 6.45) is 1.29. The smallest absolute Gasteiger partial charge is 0.254 e. The SMILES string of the molecule is O=C(NCCS)c1cc(N2CCCC2=O)ccc1F. The zero-order valence-corrected chi connectivity index (χ0v) is 11.3. The molecule has 1 aliphatic rings. The number of amides is 2. The average Bonchev–Trinajstić information content (AvgIpc) is 2.83. The van der Waals surface area contributed by atoms with Gasteiger partial charge in [-0.1, -0.05) is 0 Å². The van der Waals surface area contributed by atoms with Crippen molar-refractivity contribution in [3.8, 4) is 0 Å². The molecule has 0 spiro atoms. The lowest BCUT2D eigenvalue weighted by Crippen LogP contribution is -2.28. The molecule has 4 nitrogen and oxygen atoms in total. The van der Waals surface area contributed by atoms with Gasteiger partial charge in [-0.2, -0.15) is 12.6 Å². The molecule has 2 rings (SSSR count). The predicted octanol–water partition coefficient (Wildman–Crippen LogP) is 1.61. The highest BCUT2D eigenvalue weighted by molar-refractivity contribution is 7.80. The molecule has 0 aromatic heterocycles. The van der Waals surface area contributed by atoms with Gasteiger partial charge in [0.2, 0.25) is 5.91 Å². The Hall–Kier alpha value is -1.56. The second kappa shape index (κ2) is 6.06. The number of nitrogens with zero attached hydrogens (tertiary/aromatic N) is 1. The maximum Gasteiger partial charge on any atom is 0.254 e. The summed E-state index contributed by atoms with van der Waals surface area (Å²) in [4.78, 5) is 25.0. The van der Waals surface area contributed by atoms with E-state index < -0.39 is 11.7 Å². The summed E-state index contributed by atoms with van der Waals surface area (Å²) in [5.74, 6) is -0.585. The first kappa shape index (κ1) is 13.9. The molecule has 0 atom stereocenters. The minimum Gasteiger partial charge on any atom is -0.351 e. The Kier molecular flexibility index (Phi) is 4.42. The van der Waals surface area contributed by atoms with E-state index in [1.165, 1.54) is 18.2 Å². The van der Waals surface area contributed by atoms with E-state index in [4.69, 9.17) is 0 Å². The molecule has 1 aromatic rings. The van der Waals surface area contributed by atoms with E-state index in [0.29, 0.717) is 31.0 Å². The predicted molar refractivity (Wildman–Crippen MR) is 74.2 cm³/mol. The molecule has 0 aliphatic carbocycles. The van der Waals surface area contributed by atoms with Crippen LogP contribution in [-0.2, 0) is 4.79 Å². The van der Waals surface area contributed by atoms with Crippen molar-refractivity contribution in [1.82, 2.24) is 5.32 Å². The van der Waals surface area contributed by atoms with E-state index >= 15 is 0 Å². The zero-order chi connectivity index (χ0) is 13.8. The minimum atomic E-state index is -0.591. The van der Waals surface area contributed by atoms with Gasteiger partial charge in [0, 0.05) is 31.0 Å². The Morgan fingerprint density at radius 3 is 2.89 bits per heavy atom. The number of thiol groups is 1. The molecule has 1 aliphatic heterocycles. The van der Waals surface area contributed by atoms with E-state index in [1.54, 1.807) is 4.90 Å². The summed E-state index contributed by atoms with van der Waals surface area (Å²) in [6, 6.07) is 4.16. The number of carbonyl (C=O) groups excluding carboxylic acids is 2. The summed E-state index contributed by atoms with van der Waals surface area (Å²) >= 11 is 3.98. The van der Waals surface area contributed by atoms with E-state index in [-0.39, 0.29) is 11.5 Å². The Morgan fingerprint density at radius 2 is 2.26 bits per heavy atom. The number of benzene rings is 1. The Morgan fingerprint density at radius 1 is 1.47 bits per heavy atom. The summed E-state index contributed by atoms with van der Waals surface area (Å²) in [6.45, 7) is 0.983. The van der Waals surface area contributed by atoms with Crippen LogP contribution in [0.3, 0.4) is 0 Å². The van der Waals surface area contributed by atoms with Gasteiger partial charge < -0.3 is 10.2 Å². The molecule has 0 bridgehead atoms. The summed E-state index contributed by atoms with van der Waals surface area (Å²) in [7, 11) is 0. The molecule has 1 heterocycles. The molecule has 102 valence electrons. The van der Waals surface area contributed by atoms with Crippen LogP contribution in [0.4, 0.5) is 10.1 Å². The summed E-state index contributed by atoms with van der Waals surface area (Å²) in [5, 5.41) is 2.56. The molecule has 6 heteroatoms. The van der Waals surface area contributed by atoms with Crippen molar-refractivity contribution in [3.05, 3.63) is 29.6 Å². The van der Waals surface area contributed by atoms with Gasteiger partial charge in [-0.3, -0.25) is 9.59 Å². The van der Waals surface area contributed by atoms with Crippen molar-refractivity contribution < 1.29 is 14.0 Å². The third-order valence-corrected chi connectivity index (χ3v) is 3.20. The lowest BCUT2D eigenvalue weighted by Gasteiger charge is -2.16. The number of carbonyl (C=O) groups is 2. The van der Waals surface area contributed by atoms with Gasteiger partial charge in [0.1, 0.15) is 5.82 Å². The van der Waals surface area contributed by atoms with E-state index in [0.717, 1.165) is 6.42 Å². The van der Waals surface area contributed by atoms with Crippen molar-refractivity contribution in [2.45, 2.75) is 12.8 Å². The second-order valence-electron chi connectivity index (χ2n) is 4.29. The molecule has 1 aromatic carbocycles. The number of halogens is 1. The van der Waals surface area contributed by atoms with Crippen molar-refractivity contribution in [1.29, 1.82) is 0 Å². The van der Waals surface area contributed by atoms with Gasteiger partial charge in [0.25, 0.3) is 5.91 Å². The standard InChI is InChI=1S/C13H15FN2O2S/c14-11-4-3-9(16-6-1-2-12(16)17)8-10(11)13(18)15-5-7-19/h3-4,8,19H,1-2,5-7H2,(H,15,18). The first-order valence-electron chi connectivity index (χ1n) is 6.12. The van der Waals surface area contributed by atoms with Crippen LogP contribution < -0.4 is 10.2 Å². The van der Waals surface area contributed by atoms with Crippen LogP contribution in [0.15, 0.2) is 18.2 Å². The molecule has 1 N–H and O–H groups in total. The monoisotopic (exact) mass is 282 g/mol. The molecule has 2 amide bonds. The highest BCUT2D eigenvalue weighted by Gasteiger charge is 2.23. The lowest BCUT2D eigenvalue weighted by atomic mass is 10.1. The van der Waals surface area contributed by atoms with E-state index in [9.17, 15) is 14.0 Å². The minimum absolute atomic E-state index is 0.00771. The first-order chi connectivity index (χ1) is 9.13. The maximum absolute atomic E-state index is 13.6. The van der Waals surface area contributed by atoms with Crippen molar-refractivity contribution in [2.75, 3.05) is 23.7 Å². The van der Waals surface area contributed by atoms with Crippen LogP contribution in [0.1, 0.15) is 23.2 Å². The van der Waals surface area contributed by atoms with Crippen molar-refractivity contribution in [2.24, 2.45) is 0 Å². The van der Waals surface area contributed by atoms with Gasteiger partial charge in [0.15, 0.2) is 0 Å². The van der Waals surface area contributed by atoms with Gasteiger partial charge in [-0.25, -0.2) is 4.39 Å².